The van der Waals surface area contributed by atoms with Gasteiger partial charge in [0.2, 0.25) is 5.91 Å². The molecule has 1 aromatic carbocycles. The van der Waals surface area contributed by atoms with Crippen molar-refractivity contribution in [3.8, 4) is 0 Å². The number of ether oxygens (including phenoxy) is 2. The van der Waals surface area contributed by atoms with Gasteiger partial charge in [0.1, 0.15) is 0 Å². The number of carbonyl (C=O) groups is 1. The Morgan fingerprint density at radius 1 is 1.42 bits per heavy atom. The maximum atomic E-state index is 11.8. The van der Waals surface area contributed by atoms with Crippen LogP contribution < -0.4 is 11.1 Å². The number of nitrogens with one attached hydrogen (secondary N) is 1. The summed E-state index contributed by atoms with van der Waals surface area (Å²) in [6.07, 6.45) is -0.0593. The third-order valence-corrected chi connectivity index (χ3v) is 2.68. The van der Waals surface area contributed by atoms with Gasteiger partial charge in [-0.05, 0) is 26.0 Å². The molecule has 1 amide bonds. The van der Waals surface area contributed by atoms with Crippen LogP contribution in [0.4, 0.5) is 5.69 Å². The summed E-state index contributed by atoms with van der Waals surface area (Å²) in [6, 6.07) is 7.47. The molecule has 19 heavy (non-hydrogen) atoms. The van der Waals surface area contributed by atoms with Crippen LogP contribution >= 0.6 is 0 Å². The quantitative estimate of drug-likeness (QED) is 0.869. The lowest BCUT2D eigenvalue weighted by atomic mass is 10.0. The second kappa shape index (κ2) is 5.69. The summed E-state index contributed by atoms with van der Waals surface area (Å²) in [4.78, 5) is 11.8. The molecule has 1 fully saturated rings. The lowest BCUT2D eigenvalue weighted by Crippen LogP contribution is -2.36. The minimum Gasteiger partial charge on any atom is -0.346 e. The Bertz CT molecular complexity index is 448. The number of hydrogen-bond acceptors (Lipinski definition) is 4. The maximum absolute atomic E-state index is 11.8. The Hall–Kier alpha value is -1.43. The van der Waals surface area contributed by atoms with E-state index in [0.29, 0.717) is 13.2 Å². The fraction of sp³-hybridized carbons (Fsp3) is 0.500. The second-order valence-corrected chi connectivity index (χ2v) is 5.41. The van der Waals surface area contributed by atoms with Crippen LogP contribution in [0.2, 0.25) is 0 Å². The van der Waals surface area contributed by atoms with Gasteiger partial charge in [-0.1, -0.05) is 12.1 Å². The highest BCUT2D eigenvalue weighted by atomic mass is 16.7. The number of hydrogen-bond donors (Lipinski definition) is 2. The zero-order valence-corrected chi connectivity index (χ0v) is 11.3. The molecular formula is C14H20N2O3. The third-order valence-electron chi connectivity index (χ3n) is 2.68. The summed E-state index contributed by atoms with van der Waals surface area (Å²) in [5.41, 5.74) is 6.94. The van der Waals surface area contributed by atoms with Crippen molar-refractivity contribution < 1.29 is 14.3 Å². The number of amides is 1. The van der Waals surface area contributed by atoms with Crippen LogP contribution in [0.3, 0.4) is 0 Å². The summed E-state index contributed by atoms with van der Waals surface area (Å²) in [5.74, 6) is -0.0992. The molecule has 1 saturated heterocycles. The van der Waals surface area contributed by atoms with Crippen molar-refractivity contribution in [2.75, 3.05) is 18.5 Å². The van der Waals surface area contributed by atoms with Crippen molar-refractivity contribution in [3.05, 3.63) is 29.8 Å². The van der Waals surface area contributed by atoms with E-state index in [1.807, 2.05) is 38.1 Å². The lowest BCUT2D eigenvalue weighted by molar-refractivity contribution is -0.117. The van der Waals surface area contributed by atoms with Gasteiger partial charge in [0.05, 0.1) is 13.2 Å². The molecule has 0 saturated carbocycles. The molecule has 104 valence electrons. The first-order valence-electron chi connectivity index (χ1n) is 6.36. The van der Waals surface area contributed by atoms with Crippen LogP contribution in [0.5, 0.6) is 0 Å². The van der Waals surface area contributed by atoms with E-state index in [-0.39, 0.29) is 18.6 Å². The second-order valence-electron chi connectivity index (χ2n) is 5.41. The molecule has 1 heterocycles. The third kappa shape index (κ3) is 4.31. The van der Waals surface area contributed by atoms with Gasteiger partial charge in [0, 0.05) is 23.2 Å². The molecule has 1 aliphatic rings. The van der Waals surface area contributed by atoms with Gasteiger partial charge < -0.3 is 20.5 Å². The van der Waals surface area contributed by atoms with Crippen molar-refractivity contribution in [2.24, 2.45) is 5.73 Å². The van der Waals surface area contributed by atoms with Gasteiger partial charge in [-0.2, -0.15) is 0 Å². The molecule has 2 rings (SSSR count). The molecule has 0 aliphatic carbocycles. The Kier molecular flexibility index (Phi) is 4.19. The summed E-state index contributed by atoms with van der Waals surface area (Å²) in [6.45, 7) is 4.84. The highest BCUT2D eigenvalue weighted by molar-refractivity contribution is 5.91. The molecule has 0 unspecified atom stereocenters. The average Bonchev–Trinajstić information content (AvgIpc) is 2.79. The fourth-order valence-electron chi connectivity index (χ4n) is 1.93. The fourth-order valence-corrected chi connectivity index (χ4v) is 1.93. The molecule has 0 aromatic heterocycles. The normalized spacial score (nSPS) is 16.6. The molecule has 5 heteroatoms. The standard InChI is InChI=1S/C14H20N2O3/c1-14(2,15)9-12(17)16-11-5-3-4-10(8-11)13-18-6-7-19-13/h3-5,8,13H,6-7,9,15H2,1-2H3,(H,16,17). The maximum Gasteiger partial charge on any atom is 0.226 e. The van der Waals surface area contributed by atoms with E-state index in [1.54, 1.807) is 0 Å². The molecule has 0 spiro atoms. The Morgan fingerprint density at radius 3 is 2.74 bits per heavy atom. The molecule has 1 aliphatic heterocycles. The van der Waals surface area contributed by atoms with Crippen molar-refractivity contribution in [3.63, 3.8) is 0 Å². The van der Waals surface area contributed by atoms with E-state index in [4.69, 9.17) is 15.2 Å². The van der Waals surface area contributed by atoms with Crippen LogP contribution in [0.15, 0.2) is 24.3 Å². The van der Waals surface area contributed by atoms with Crippen LogP contribution in [0.25, 0.3) is 0 Å². The zero-order chi connectivity index (χ0) is 13.9. The minimum atomic E-state index is -0.515. The largest absolute Gasteiger partial charge is 0.346 e. The van der Waals surface area contributed by atoms with Crippen LogP contribution in [-0.2, 0) is 14.3 Å². The van der Waals surface area contributed by atoms with E-state index in [2.05, 4.69) is 5.32 Å². The summed E-state index contributed by atoms with van der Waals surface area (Å²) >= 11 is 0. The van der Waals surface area contributed by atoms with Crippen molar-refractivity contribution in [2.45, 2.75) is 32.1 Å². The number of nitrogens with two attached hydrogens (primary N) is 1. The van der Waals surface area contributed by atoms with E-state index >= 15 is 0 Å². The SMILES string of the molecule is CC(C)(N)CC(=O)Nc1cccc(C2OCCO2)c1. The van der Waals surface area contributed by atoms with Gasteiger partial charge >= 0.3 is 0 Å². The van der Waals surface area contributed by atoms with Gasteiger partial charge in [-0.15, -0.1) is 0 Å². The number of anilines is 1. The molecule has 5 nitrogen and oxygen atoms in total. The Balaban J connectivity index is 2.00. The first-order chi connectivity index (χ1) is 8.94. The molecule has 0 bridgehead atoms. The smallest absolute Gasteiger partial charge is 0.226 e. The van der Waals surface area contributed by atoms with E-state index in [0.717, 1.165) is 11.3 Å². The van der Waals surface area contributed by atoms with E-state index < -0.39 is 5.54 Å². The highest BCUT2D eigenvalue weighted by Crippen LogP contribution is 2.25. The van der Waals surface area contributed by atoms with Crippen LogP contribution in [-0.4, -0.2) is 24.7 Å². The van der Waals surface area contributed by atoms with Crippen molar-refractivity contribution in [1.29, 1.82) is 0 Å². The first kappa shape index (κ1) is 14.0. The number of carbonyl (C=O) groups excluding carboxylic acids is 1. The van der Waals surface area contributed by atoms with E-state index in [9.17, 15) is 4.79 Å². The molecule has 1 aromatic rings. The molecular weight excluding hydrogens is 244 g/mol. The monoisotopic (exact) mass is 264 g/mol. The van der Waals surface area contributed by atoms with Crippen LogP contribution in [0.1, 0.15) is 32.1 Å². The average molecular weight is 264 g/mol. The first-order valence-corrected chi connectivity index (χ1v) is 6.36. The molecule has 0 atom stereocenters. The van der Waals surface area contributed by atoms with Gasteiger partial charge in [0.25, 0.3) is 0 Å². The minimum absolute atomic E-state index is 0.0992. The Morgan fingerprint density at radius 2 is 2.11 bits per heavy atom. The molecule has 3 N–H and O–H groups in total. The highest BCUT2D eigenvalue weighted by Gasteiger charge is 2.19. The number of benzene rings is 1. The number of rotatable bonds is 4. The predicted molar refractivity (Wildman–Crippen MR) is 72.6 cm³/mol. The summed E-state index contributed by atoms with van der Waals surface area (Å²) in [7, 11) is 0. The summed E-state index contributed by atoms with van der Waals surface area (Å²) < 4.78 is 10.8. The summed E-state index contributed by atoms with van der Waals surface area (Å²) in [5, 5.41) is 2.83. The predicted octanol–water partition coefficient (Wildman–Crippen LogP) is 1.80. The van der Waals surface area contributed by atoms with Crippen molar-refractivity contribution in [1.82, 2.24) is 0 Å². The van der Waals surface area contributed by atoms with Gasteiger partial charge in [-0.25, -0.2) is 0 Å². The Labute approximate surface area is 113 Å². The van der Waals surface area contributed by atoms with E-state index in [1.165, 1.54) is 0 Å². The zero-order valence-electron chi connectivity index (χ0n) is 11.3. The van der Waals surface area contributed by atoms with Gasteiger partial charge in [-0.3, -0.25) is 4.79 Å². The lowest BCUT2D eigenvalue weighted by Gasteiger charge is -2.18. The molecule has 0 radical (unpaired) electrons. The van der Waals surface area contributed by atoms with Gasteiger partial charge in [0.15, 0.2) is 6.29 Å². The van der Waals surface area contributed by atoms with Crippen LogP contribution in [0, 0.1) is 0 Å². The topological polar surface area (TPSA) is 73.6 Å². The van der Waals surface area contributed by atoms with Crippen molar-refractivity contribution >= 4 is 11.6 Å².